The Morgan fingerprint density at radius 3 is 2.47 bits per heavy atom. The lowest BCUT2D eigenvalue weighted by Crippen LogP contribution is -2.60. The van der Waals surface area contributed by atoms with Crippen LogP contribution in [0.5, 0.6) is 17.4 Å². The van der Waals surface area contributed by atoms with E-state index in [1.807, 2.05) is 12.3 Å². The van der Waals surface area contributed by atoms with Gasteiger partial charge in [-0.1, -0.05) is 44.2 Å². The number of carbonyl (C=O) groups excluding carboxylic acids is 1. The van der Waals surface area contributed by atoms with E-state index in [9.17, 15) is 32.8 Å². The van der Waals surface area contributed by atoms with Crippen LogP contribution in [-0.2, 0) is 16.6 Å². The number of aliphatic hydroxyl groups is 1. The molecule has 4 fully saturated rings. The van der Waals surface area contributed by atoms with Crippen molar-refractivity contribution < 1.29 is 37.1 Å². The molecule has 1 spiro atoms. The van der Waals surface area contributed by atoms with Crippen molar-refractivity contribution in [2.75, 3.05) is 56.6 Å². The number of hydrogen-bond acceptors (Lipinski definition) is 13. The molecule has 2 aromatic heterocycles. The quantitative estimate of drug-likeness (QED) is 0.0529. The van der Waals surface area contributed by atoms with Gasteiger partial charge in [0.25, 0.3) is 21.6 Å². The molecule has 16 nitrogen and oxygen atoms in total. The highest BCUT2D eigenvalue weighted by Gasteiger charge is 2.50. The topological polar surface area (TPSA) is 196 Å². The number of hydrogen-bond donors (Lipinski definition) is 4. The molecule has 4 aliphatic rings. The Bertz CT molecular complexity index is 3160. The summed E-state index contributed by atoms with van der Waals surface area (Å²) >= 11 is 0. The van der Waals surface area contributed by atoms with Crippen LogP contribution in [-0.4, -0.2) is 102 Å². The molecule has 4 aromatic carbocycles. The zero-order valence-electron chi connectivity index (χ0n) is 43.1. The van der Waals surface area contributed by atoms with Crippen molar-refractivity contribution in [3.05, 3.63) is 142 Å². The number of pyridine rings is 1. The molecule has 4 N–H and O–H groups in total. The number of ether oxygens (including phenoxy) is 2. The van der Waals surface area contributed by atoms with Gasteiger partial charge in [0.2, 0.25) is 5.88 Å². The van der Waals surface area contributed by atoms with E-state index < -0.39 is 42.9 Å². The summed E-state index contributed by atoms with van der Waals surface area (Å²) in [5.74, 6) is -0.00336. The number of rotatable bonds is 16. The second-order valence-electron chi connectivity index (χ2n) is 21.8. The standard InChI is InChI=1S/C57H67FN8O8S/c1-37(2)44-7-5-6-8-45(44)52-36-63(35-39-9-16-54(73-4)61-33-39)25-26-65(52)41-30-57(31-41)21-23-64(24-22-57)40-10-13-46(53(27-40)74-42-11-14-49-47(28-42)48(58)34-60-49)55(67)62-75(71,72)43-12-15-50(51(29-43)66(69)70)59-32-38-17-19-56(3,68)20-18-38/h5-16,27-29,33-34,37-38,41,52,59-60,68H,17-26,30-32,35-36H2,1-4H3,(H,62,67). The third-order valence-electron chi connectivity index (χ3n) is 16.4. The van der Waals surface area contributed by atoms with Gasteiger partial charge in [0, 0.05) is 105 Å². The van der Waals surface area contributed by atoms with E-state index in [1.165, 1.54) is 41.6 Å². The fraction of sp³-hybridized carbons (Fsp3) is 0.439. The number of fused-ring (bicyclic) bond motifs is 1. The van der Waals surface area contributed by atoms with Gasteiger partial charge >= 0.3 is 0 Å². The second-order valence-corrected chi connectivity index (χ2v) is 23.5. The number of anilines is 2. The number of carbonyl (C=O) groups is 1. The van der Waals surface area contributed by atoms with Gasteiger partial charge in [-0.2, -0.15) is 0 Å². The van der Waals surface area contributed by atoms with Gasteiger partial charge in [0.05, 0.1) is 28.1 Å². The lowest BCUT2D eigenvalue weighted by Gasteiger charge is -2.58. The minimum atomic E-state index is -4.63. The Hall–Kier alpha value is -6.60. The van der Waals surface area contributed by atoms with Crippen molar-refractivity contribution in [3.63, 3.8) is 0 Å². The number of nitro groups is 1. The number of piperidine rings is 1. The summed E-state index contributed by atoms with van der Waals surface area (Å²) in [7, 11) is -3.00. The molecule has 0 radical (unpaired) electrons. The molecular formula is C57H67FN8O8S. The third-order valence-corrected chi connectivity index (χ3v) is 17.7. The monoisotopic (exact) mass is 1040 g/mol. The summed E-state index contributed by atoms with van der Waals surface area (Å²) in [6.45, 7) is 12.0. The maximum absolute atomic E-state index is 14.8. The number of methoxy groups -OCH3 is 1. The van der Waals surface area contributed by atoms with E-state index >= 15 is 0 Å². The molecule has 2 saturated heterocycles. The van der Waals surface area contributed by atoms with Crippen molar-refractivity contribution in [1.29, 1.82) is 0 Å². The molecule has 0 bridgehead atoms. The smallest absolute Gasteiger partial charge is 0.293 e. The number of nitrogens with one attached hydrogen (secondary N) is 3. The van der Waals surface area contributed by atoms with Crippen LogP contribution in [0, 0.1) is 27.3 Å². The zero-order valence-corrected chi connectivity index (χ0v) is 43.9. The van der Waals surface area contributed by atoms with Gasteiger partial charge in [-0.15, -0.1) is 0 Å². The molecule has 396 valence electrons. The molecule has 2 saturated carbocycles. The minimum Gasteiger partial charge on any atom is -0.481 e. The van der Waals surface area contributed by atoms with Crippen molar-refractivity contribution in [3.8, 4) is 17.4 Å². The predicted molar refractivity (Wildman–Crippen MR) is 287 cm³/mol. The fourth-order valence-electron chi connectivity index (χ4n) is 12.0. The molecule has 75 heavy (non-hydrogen) atoms. The van der Waals surface area contributed by atoms with Gasteiger partial charge in [-0.3, -0.25) is 24.7 Å². The largest absolute Gasteiger partial charge is 0.481 e. The molecule has 4 heterocycles. The van der Waals surface area contributed by atoms with E-state index in [2.05, 4.69) is 78.9 Å². The van der Waals surface area contributed by atoms with Gasteiger partial charge in [-0.25, -0.2) is 22.5 Å². The van der Waals surface area contributed by atoms with Crippen LogP contribution in [0.15, 0.2) is 108 Å². The van der Waals surface area contributed by atoms with Crippen LogP contribution in [0.4, 0.5) is 21.5 Å². The number of nitrogens with zero attached hydrogens (tertiary/aromatic N) is 5. The summed E-state index contributed by atoms with van der Waals surface area (Å²) in [5.41, 5.74) is 4.36. The van der Waals surface area contributed by atoms with Crippen LogP contribution in [0.2, 0.25) is 0 Å². The maximum Gasteiger partial charge on any atom is 0.293 e. The van der Waals surface area contributed by atoms with Crippen LogP contribution in [0.1, 0.15) is 111 Å². The predicted octanol–water partition coefficient (Wildman–Crippen LogP) is 10.3. The molecule has 1 unspecified atom stereocenters. The number of piperazine rings is 1. The van der Waals surface area contributed by atoms with Gasteiger partial charge in [-0.05, 0) is 135 Å². The summed E-state index contributed by atoms with van der Waals surface area (Å²) in [5, 5.41) is 26.0. The minimum absolute atomic E-state index is 0.0596. The molecule has 2 aliphatic carbocycles. The Labute approximate surface area is 437 Å². The SMILES string of the molecule is COc1ccc(CN2CCN(C3CC4(CCN(c5ccc(C(=O)NS(=O)(=O)c6ccc(NCC7CCC(C)(O)CC7)c([N+](=O)[O-])c6)c(Oc6ccc7[nH]cc(F)c7c6)c5)CC4)C3)C(c3ccccc3C(C)C)C2)cn1. The highest BCUT2D eigenvalue weighted by Crippen LogP contribution is 2.53. The van der Waals surface area contributed by atoms with Gasteiger partial charge in [0.15, 0.2) is 0 Å². The Kier molecular flexibility index (Phi) is 14.7. The highest BCUT2D eigenvalue weighted by atomic mass is 32.2. The van der Waals surface area contributed by atoms with Crippen molar-refractivity contribution >= 4 is 43.9 Å². The van der Waals surface area contributed by atoms with Crippen molar-refractivity contribution in [2.45, 2.75) is 107 Å². The molecule has 10 rings (SSSR count). The number of aromatic nitrogens is 2. The number of sulfonamides is 1. The lowest BCUT2D eigenvalue weighted by atomic mass is 9.59. The lowest BCUT2D eigenvalue weighted by molar-refractivity contribution is -0.384. The van der Waals surface area contributed by atoms with E-state index in [0.29, 0.717) is 42.7 Å². The molecule has 1 amide bonds. The summed E-state index contributed by atoms with van der Waals surface area (Å²) in [6, 6.07) is 27.0. The third kappa shape index (κ3) is 11.3. The van der Waals surface area contributed by atoms with E-state index in [0.717, 1.165) is 95.1 Å². The fourth-order valence-corrected chi connectivity index (χ4v) is 13.0. The molecule has 18 heteroatoms. The average molecular weight is 1040 g/mol. The summed E-state index contributed by atoms with van der Waals surface area (Å²) < 4.78 is 56.3. The number of halogens is 1. The highest BCUT2D eigenvalue weighted by molar-refractivity contribution is 7.90. The number of aromatic amines is 1. The zero-order chi connectivity index (χ0) is 52.6. The number of amides is 1. The van der Waals surface area contributed by atoms with Crippen LogP contribution in [0.3, 0.4) is 0 Å². The molecule has 1 atom stereocenters. The van der Waals surface area contributed by atoms with Gasteiger partial charge < -0.3 is 29.8 Å². The van der Waals surface area contributed by atoms with Gasteiger partial charge in [0.1, 0.15) is 23.0 Å². The Balaban J connectivity index is 0.837. The molecule has 2 aliphatic heterocycles. The first-order valence-corrected chi connectivity index (χ1v) is 27.6. The Morgan fingerprint density at radius 2 is 1.75 bits per heavy atom. The number of nitro benzene ring substituents is 1. The molecule has 6 aromatic rings. The summed E-state index contributed by atoms with van der Waals surface area (Å²) in [6.07, 6.45) is 10.1. The van der Waals surface area contributed by atoms with E-state index in [1.54, 1.807) is 38.3 Å². The Morgan fingerprint density at radius 1 is 0.973 bits per heavy atom. The second kappa shape index (κ2) is 21.2. The van der Waals surface area contributed by atoms with Crippen molar-refractivity contribution in [2.24, 2.45) is 11.3 Å². The van der Waals surface area contributed by atoms with Crippen LogP contribution < -0.4 is 24.4 Å². The molecular weight excluding hydrogens is 976 g/mol. The van der Waals surface area contributed by atoms with Crippen LogP contribution >= 0.6 is 0 Å². The first kappa shape index (κ1) is 51.9. The average Bonchev–Trinajstić information content (AvgIpc) is 3.76. The van der Waals surface area contributed by atoms with E-state index in [4.69, 9.17) is 9.47 Å². The number of benzene rings is 4. The van der Waals surface area contributed by atoms with Crippen LogP contribution in [0.25, 0.3) is 10.9 Å². The number of H-pyrrole nitrogens is 1. The normalized spacial score (nSPS) is 21.5. The maximum atomic E-state index is 14.8. The first-order valence-electron chi connectivity index (χ1n) is 26.2. The van der Waals surface area contributed by atoms with E-state index in [-0.39, 0.29) is 45.5 Å². The first-order chi connectivity index (χ1) is 35.9. The summed E-state index contributed by atoms with van der Waals surface area (Å²) in [4.78, 5) is 40.2. The van der Waals surface area contributed by atoms with Crippen molar-refractivity contribution in [1.82, 2.24) is 24.5 Å².